The van der Waals surface area contributed by atoms with Gasteiger partial charge >= 0.3 is 5.97 Å². The van der Waals surface area contributed by atoms with Crippen molar-refractivity contribution in [2.45, 2.75) is 12.5 Å². The first-order chi connectivity index (χ1) is 12.2. The average molecular weight is 357 g/mol. The maximum Gasteiger partial charge on any atom is 0.307 e. The average Bonchev–Trinajstić information content (AvgIpc) is 2.60. The molecule has 2 rings (SSSR count). The Morgan fingerprint density at radius 2 is 1.92 bits per heavy atom. The topological polar surface area (TPSA) is 77.8 Å². The molecule has 0 saturated heterocycles. The van der Waals surface area contributed by atoms with Crippen molar-refractivity contribution in [3.8, 4) is 11.1 Å². The Labute approximate surface area is 151 Å². The zero-order valence-corrected chi connectivity index (χ0v) is 14.6. The number of carbonyl (C=O) groups excluding carboxylic acids is 1. The lowest BCUT2D eigenvalue weighted by Crippen LogP contribution is -2.23. The molecule has 0 radical (unpaired) electrons. The van der Waals surface area contributed by atoms with Gasteiger partial charge in [0, 0.05) is 19.7 Å². The summed E-state index contributed by atoms with van der Waals surface area (Å²) in [5.41, 5.74) is 2.05. The largest absolute Gasteiger partial charge is 0.481 e. The van der Waals surface area contributed by atoms with Crippen LogP contribution in [0.5, 0.6) is 0 Å². The molecule has 0 heterocycles. The number of rotatable bonds is 6. The Morgan fingerprint density at radius 3 is 2.50 bits per heavy atom. The van der Waals surface area contributed by atoms with Crippen LogP contribution in [0.25, 0.3) is 11.1 Å². The molecule has 0 aliphatic rings. The summed E-state index contributed by atoms with van der Waals surface area (Å²) in [7, 11) is 3.15. The van der Waals surface area contributed by atoms with Gasteiger partial charge in [-0.2, -0.15) is 0 Å². The van der Waals surface area contributed by atoms with Crippen molar-refractivity contribution < 1.29 is 24.2 Å². The van der Waals surface area contributed by atoms with E-state index < -0.39 is 17.9 Å². The van der Waals surface area contributed by atoms with Crippen molar-refractivity contribution in [3.05, 3.63) is 71.6 Å². The molecule has 1 amide bonds. The molecule has 2 N–H and O–H groups in total. The van der Waals surface area contributed by atoms with Crippen molar-refractivity contribution in [1.29, 1.82) is 0 Å². The highest BCUT2D eigenvalue weighted by atomic mass is 19.1. The van der Waals surface area contributed by atoms with E-state index in [9.17, 15) is 19.1 Å². The van der Waals surface area contributed by atoms with Crippen LogP contribution in [0, 0.1) is 5.82 Å². The Balaban J connectivity index is 2.65. The van der Waals surface area contributed by atoms with Gasteiger partial charge in [0.1, 0.15) is 5.82 Å². The summed E-state index contributed by atoms with van der Waals surface area (Å²) in [6.45, 7) is 3.52. The number of hydrogen-bond acceptors (Lipinski definition) is 3. The van der Waals surface area contributed by atoms with E-state index in [-0.39, 0.29) is 17.9 Å². The molecule has 136 valence electrons. The van der Waals surface area contributed by atoms with Crippen LogP contribution in [0.3, 0.4) is 0 Å². The van der Waals surface area contributed by atoms with Crippen LogP contribution in [0.15, 0.2) is 49.1 Å². The van der Waals surface area contributed by atoms with Gasteiger partial charge in [-0.15, -0.1) is 6.58 Å². The highest BCUT2D eigenvalue weighted by molar-refractivity contribution is 5.97. The number of benzene rings is 2. The number of amides is 1. The number of halogens is 1. The second-order valence-electron chi connectivity index (χ2n) is 6.05. The molecule has 0 aliphatic carbocycles. The smallest absolute Gasteiger partial charge is 0.307 e. The van der Waals surface area contributed by atoms with Gasteiger partial charge in [0.25, 0.3) is 5.91 Å². The highest BCUT2D eigenvalue weighted by Crippen LogP contribution is 2.31. The molecule has 0 fully saturated rings. The van der Waals surface area contributed by atoms with E-state index in [4.69, 9.17) is 5.11 Å². The molecule has 0 aromatic heterocycles. The standard InChI is InChI=1S/C20H20FNO4/c1-4-18(23)17-11-14(21)7-8-15(17)12-5-6-13(10-19(24)25)16(9-12)20(26)22(2)3/h4-9,11,18,23H,1,10H2,2-3H3,(H,24,25). The van der Waals surface area contributed by atoms with Crippen LogP contribution in [0.2, 0.25) is 0 Å². The summed E-state index contributed by atoms with van der Waals surface area (Å²) in [6.07, 6.45) is -0.0867. The van der Waals surface area contributed by atoms with E-state index in [1.54, 1.807) is 32.3 Å². The van der Waals surface area contributed by atoms with Gasteiger partial charge in [-0.1, -0.05) is 24.3 Å². The third-order valence-electron chi connectivity index (χ3n) is 3.95. The number of aliphatic hydroxyl groups excluding tert-OH is 1. The molecule has 1 atom stereocenters. The number of carboxylic acid groups (broad SMARTS) is 1. The Morgan fingerprint density at radius 1 is 1.23 bits per heavy atom. The van der Waals surface area contributed by atoms with Gasteiger partial charge in [0.15, 0.2) is 0 Å². The van der Waals surface area contributed by atoms with Crippen molar-refractivity contribution in [2.75, 3.05) is 14.1 Å². The number of carboxylic acids is 1. The highest BCUT2D eigenvalue weighted by Gasteiger charge is 2.19. The normalized spacial score (nSPS) is 11.7. The van der Waals surface area contributed by atoms with Crippen LogP contribution in [0.1, 0.15) is 27.6 Å². The van der Waals surface area contributed by atoms with Gasteiger partial charge < -0.3 is 15.1 Å². The molecular formula is C20H20FNO4. The first kappa shape index (κ1) is 19.3. The molecular weight excluding hydrogens is 337 g/mol. The molecule has 0 saturated carbocycles. The number of hydrogen-bond donors (Lipinski definition) is 2. The fraction of sp³-hybridized carbons (Fsp3) is 0.200. The Kier molecular flexibility index (Phi) is 5.90. The van der Waals surface area contributed by atoms with Crippen molar-refractivity contribution in [3.63, 3.8) is 0 Å². The number of aliphatic carboxylic acids is 1. The molecule has 0 bridgehead atoms. The van der Waals surface area contributed by atoms with E-state index in [2.05, 4.69) is 6.58 Å². The van der Waals surface area contributed by atoms with Crippen LogP contribution in [0.4, 0.5) is 4.39 Å². The van der Waals surface area contributed by atoms with Crippen molar-refractivity contribution >= 4 is 11.9 Å². The van der Waals surface area contributed by atoms with Gasteiger partial charge in [-0.3, -0.25) is 9.59 Å². The van der Waals surface area contributed by atoms with Crippen LogP contribution in [-0.4, -0.2) is 41.1 Å². The van der Waals surface area contributed by atoms with E-state index in [0.717, 1.165) is 0 Å². The monoisotopic (exact) mass is 357 g/mol. The maximum absolute atomic E-state index is 13.6. The second kappa shape index (κ2) is 7.93. The summed E-state index contributed by atoms with van der Waals surface area (Å²) >= 11 is 0. The van der Waals surface area contributed by atoms with E-state index in [0.29, 0.717) is 22.3 Å². The quantitative estimate of drug-likeness (QED) is 0.779. The Hall–Kier alpha value is -2.99. The van der Waals surface area contributed by atoms with Gasteiger partial charge in [-0.25, -0.2) is 4.39 Å². The molecule has 6 heteroatoms. The minimum absolute atomic E-state index is 0.248. The first-order valence-corrected chi connectivity index (χ1v) is 7.91. The second-order valence-corrected chi connectivity index (χ2v) is 6.05. The third-order valence-corrected chi connectivity index (χ3v) is 3.95. The van der Waals surface area contributed by atoms with E-state index in [1.165, 1.54) is 29.2 Å². The van der Waals surface area contributed by atoms with E-state index in [1.807, 2.05) is 0 Å². The zero-order valence-electron chi connectivity index (χ0n) is 14.6. The summed E-state index contributed by atoms with van der Waals surface area (Å²) in [6, 6.07) is 8.75. The molecule has 0 spiro atoms. The molecule has 26 heavy (non-hydrogen) atoms. The summed E-state index contributed by atoms with van der Waals surface area (Å²) in [5.74, 6) is -1.89. The summed E-state index contributed by atoms with van der Waals surface area (Å²) in [5, 5.41) is 19.2. The van der Waals surface area contributed by atoms with Crippen LogP contribution >= 0.6 is 0 Å². The van der Waals surface area contributed by atoms with Gasteiger partial charge in [0.05, 0.1) is 12.5 Å². The molecule has 2 aromatic carbocycles. The number of aliphatic hydroxyl groups is 1. The van der Waals surface area contributed by atoms with Gasteiger partial charge in [0.2, 0.25) is 0 Å². The molecule has 5 nitrogen and oxygen atoms in total. The third kappa shape index (κ3) is 4.15. The summed E-state index contributed by atoms with van der Waals surface area (Å²) in [4.78, 5) is 24.9. The lowest BCUT2D eigenvalue weighted by Gasteiger charge is -2.17. The van der Waals surface area contributed by atoms with E-state index >= 15 is 0 Å². The first-order valence-electron chi connectivity index (χ1n) is 7.91. The Bertz CT molecular complexity index is 861. The van der Waals surface area contributed by atoms with Crippen LogP contribution in [-0.2, 0) is 11.2 Å². The van der Waals surface area contributed by atoms with Crippen molar-refractivity contribution in [1.82, 2.24) is 4.90 Å². The zero-order chi connectivity index (χ0) is 19.4. The molecule has 0 aliphatic heterocycles. The predicted molar refractivity (Wildman–Crippen MR) is 96.4 cm³/mol. The minimum atomic E-state index is -1.08. The predicted octanol–water partition coefficient (Wildman–Crippen LogP) is 3.04. The fourth-order valence-electron chi connectivity index (χ4n) is 2.67. The minimum Gasteiger partial charge on any atom is -0.481 e. The van der Waals surface area contributed by atoms with Crippen LogP contribution < -0.4 is 0 Å². The molecule has 1 unspecified atom stereocenters. The lowest BCUT2D eigenvalue weighted by atomic mass is 9.92. The number of nitrogens with zero attached hydrogens (tertiary/aromatic N) is 1. The fourth-order valence-corrected chi connectivity index (χ4v) is 2.67. The molecule has 2 aromatic rings. The number of carbonyl (C=O) groups is 2. The van der Waals surface area contributed by atoms with Gasteiger partial charge in [-0.05, 0) is 40.5 Å². The van der Waals surface area contributed by atoms with Crippen molar-refractivity contribution in [2.24, 2.45) is 0 Å². The SMILES string of the molecule is C=CC(O)c1cc(F)ccc1-c1ccc(CC(=O)O)c(C(=O)N(C)C)c1. The summed E-state index contributed by atoms with van der Waals surface area (Å²) < 4.78 is 13.6. The maximum atomic E-state index is 13.6. The lowest BCUT2D eigenvalue weighted by molar-refractivity contribution is -0.136.